The van der Waals surface area contributed by atoms with Crippen LogP contribution in [-0.4, -0.2) is 52.5 Å². The summed E-state index contributed by atoms with van der Waals surface area (Å²) in [5.41, 5.74) is 9.06. The fourth-order valence-corrected chi connectivity index (χ4v) is 3.21. The standard InChI is InChI=1S/C22H27N5O3/c1-25-18(7-8-23)17-14-16(4-6-20(17)29-11-9-24)26-22(28)15-3-5-19-21(13-15)30-12-10-27(19)2/h3-8,13-14,23,25H,9-12,24H2,1-2H3,(H,26,28)/b18-7-,23-8?. The molecule has 0 radical (unpaired) electrons. The molecule has 1 heterocycles. The zero-order chi connectivity index (χ0) is 21.5. The van der Waals surface area contributed by atoms with Gasteiger partial charge in [0.05, 0.1) is 12.2 Å². The van der Waals surface area contributed by atoms with Crippen molar-refractivity contribution in [2.45, 2.75) is 0 Å². The van der Waals surface area contributed by atoms with Crippen molar-refractivity contribution in [2.24, 2.45) is 5.73 Å². The van der Waals surface area contributed by atoms with E-state index in [2.05, 4.69) is 15.5 Å². The second kappa shape index (κ2) is 9.80. The van der Waals surface area contributed by atoms with Crippen molar-refractivity contribution in [3.63, 3.8) is 0 Å². The number of fused-ring (bicyclic) bond motifs is 1. The molecule has 0 atom stereocenters. The Kier molecular flexibility index (Phi) is 6.92. The number of nitrogens with two attached hydrogens (primary N) is 1. The summed E-state index contributed by atoms with van der Waals surface area (Å²) in [6.07, 6.45) is 2.81. The summed E-state index contributed by atoms with van der Waals surface area (Å²) in [6, 6.07) is 10.8. The predicted molar refractivity (Wildman–Crippen MR) is 120 cm³/mol. The Morgan fingerprint density at radius 3 is 2.90 bits per heavy atom. The van der Waals surface area contributed by atoms with Gasteiger partial charge in [0.15, 0.2) is 0 Å². The maximum atomic E-state index is 12.8. The number of nitrogens with one attached hydrogen (secondary N) is 3. The number of anilines is 2. The number of hydrogen-bond acceptors (Lipinski definition) is 7. The Bertz CT molecular complexity index is 958. The molecule has 0 fully saturated rings. The molecule has 0 unspecified atom stereocenters. The second-order valence-corrected chi connectivity index (χ2v) is 6.75. The molecule has 0 spiro atoms. The number of benzene rings is 2. The number of allylic oxidation sites excluding steroid dienone is 1. The van der Waals surface area contributed by atoms with Gasteiger partial charge in [0.2, 0.25) is 0 Å². The minimum atomic E-state index is -0.238. The number of carbonyl (C=O) groups is 1. The number of ether oxygens (including phenoxy) is 2. The van der Waals surface area contributed by atoms with E-state index in [-0.39, 0.29) is 5.91 Å². The highest BCUT2D eigenvalue weighted by Gasteiger charge is 2.18. The lowest BCUT2D eigenvalue weighted by Crippen LogP contribution is -2.29. The van der Waals surface area contributed by atoms with E-state index in [0.29, 0.717) is 48.2 Å². The third-order valence-corrected chi connectivity index (χ3v) is 4.74. The van der Waals surface area contributed by atoms with Crippen LogP contribution in [0.5, 0.6) is 11.5 Å². The van der Waals surface area contributed by atoms with E-state index < -0.39 is 0 Å². The average Bonchev–Trinajstić information content (AvgIpc) is 2.76. The van der Waals surface area contributed by atoms with Crippen LogP contribution in [0.1, 0.15) is 15.9 Å². The fraction of sp³-hybridized carbons (Fsp3) is 0.273. The van der Waals surface area contributed by atoms with Gasteiger partial charge < -0.3 is 36.2 Å². The molecule has 0 saturated heterocycles. The van der Waals surface area contributed by atoms with Gasteiger partial charge in [-0.15, -0.1) is 0 Å². The molecule has 1 aliphatic rings. The summed E-state index contributed by atoms with van der Waals surface area (Å²) in [4.78, 5) is 14.9. The molecule has 8 heteroatoms. The summed E-state index contributed by atoms with van der Waals surface area (Å²) in [6.45, 7) is 2.16. The first-order valence-corrected chi connectivity index (χ1v) is 9.72. The van der Waals surface area contributed by atoms with Gasteiger partial charge in [0.25, 0.3) is 5.91 Å². The largest absolute Gasteiger partial charge is 0.492 e. The minimum absolute atomic E-state index is 0.238. The molecule has 0 aromatic heterocycles. The first kappa shape index (κ1) is 21.2. The van der Waals surface area contributed by atoms with Crippen LogP contribution in [0.2, 0.25) is 0 Å². The topological polar surface area (TPSA) is 113 Å². The molecule has 0 saturated carbocycles. The SMILES string of the molecule is CN/C(=C\C=N)c1cc(NC(=O)c2ccc3c(c2)OCCN3C)ccc1OCCN. The minimum Gasteiger partial charge on any atom is -0.492 e. The Morgan fingerprint density at radius 1 is 1.33 bits per heavy atom. The van der Waals surface area contributed by atoms with Crippen LogP contribution in [-0.2, 0) is 0 Å². The van der Waals surface area contributed by atoms with Gasteiger partial charge in [-0.05, 0) is 42.5 Å². The third-order valence-electron chi connectivity index (χ3n) is 4.74. The summed E-state index contributed by atoms with van der Waals surface area (Å²) < 4.78 is 11.4. The molecule has 158 valence electrons. The van der Waals surface area contributed by atoms with Crippen LogP contribution in [0.3, 0.4) is 0 Å². The molecule has 0 aliphatic carbocycles. The van der Waals surface area contributed by atoms with Crippen molar-refractivity contribution in [3.8, 4) is 11.5 Å². The fourth-order valence-electron chi connectivity index (χ4n) is 3.21. The number of amides is 1. The number of rotatable bonds is 8. The highest BCUT2D eigenvalue weighted by molar-refractivity contribution is 6.05. The van der Waals surface area contributed by atoms with Crippen molar-refractivity contribution >= 4 is 29.2 Å². The van der Waals surface area contributed by atoms with Gasteiger partial charge >= 0.3 is 0 Å². The van der Waals surface area contributed by atoms with E-state index in [1.165, 1.54) is 6.21 Å². The molecular formula is C22H27N5O3. The Hall–Kier alpha value is -3.52. The average molecular weight is 409 g/mol. The number of likely N-dealkylation sites (N-methyl/N-ethyl adjacent to an activating group) is 1. The van der Waals surface area contributed by atoms with Crippen molar-refractivity contribution in [3.05, 3.63) is 53.6 Å². The second-order valence-electron chi connectivity index (χ2n) is 6.75. The summed E-state index contributed by atoms with van der Waals surface area (Å²) >= 11 is 0. The lowest BCUT2D eigenvalue weighted by Gasteiger charge is -2.27. The smallest absolute Gasteiger partial charge is 0.255 e. The number of carbonyl (C=O) groups excluding carboxylic acids is 1. The van der Waals surface area contributed by atoms with E-state index in [0.717, 1.165) is 17.8 Å². The normalized spacial score (nSPS) is 13.2. The van der Waals surface area contributed by atoms with Crippen LogP contribution < -0.4 is 30.7 Å². The van der Waals surface area contributed by atoms with Gasteiger partial charge in [-0.1, -0.05) is 0 Å². The summed E-state index contributed by atoms with van der Waals surface area (Å²) in [7, 11) is 3.76. The van der Waals surface area contributed by atoms with E-state index in [1.54, 1.807) is 43.5 Å². The van der Waals surface area contributed by atoms with Crippen LogP contribution in [0.15, 0.2) is 42.5 Å². The maximum Gasteiger partial charge on any atom is 0.255 e. The molecule has 1 aliphatic heterocycles. The van der Waals surface area contributed by atoms with Crippen LogP contribution in [0, 0.1) is 5.41 Å². The lowest BCUT2D eigenvalue weighted by molar-refractivity contribution is 0.102. The molecule has 3 rings (SSSR count). The first-order valence-electron chi connectivity index (χ1n) is 9.72. The molecule has 5 N–H and O–H groups in total. The number of nitrogens with zero attached hydrogens (tertiary/aromatic N) is 1. The predicted octanol–water partition coefficient (Wildman–Crippen LogP) is 2.31. The lowest BCUT2D eigenvalue weighted by atomic mass is 10.1. The van der Waals surface area contributed by atoms with Crippen molar-refractivity contribution in [1.82, 2.24) is 5.32 Å². The molecule has 1 amide bonds. The molecule has 0 bridgehead atoms. The van der Waals surface area contributed by atoms with Crippen LogP contribution >= 0.6 is 0 Å². The van der Waals surface area contributed by atoms with Gasteiger partial charge in [-0.2, -0.15) is 0 Å². The van der Waals surface area contributed by atoms with Crippen LogP contribution in [0.25, 0.3) is 5.70 Å². The van der Waals surface area contributed by atoms with Crippen molar-refractivity contribution < 1.29 is 14.3 Å². The van der Waals surface area contributed by atoms with Gasteiger partial charge in [-0.3, -0.25) is 4.79 Å². The van der Waals surface area contributed by atoms with E-state index in [1.807, 2.05) is 13.1 Å². The van der Waals surface area contributed by atoms with E-state index >= 15 is 0 Å². The monoisotopic (exact) mass is 409 g/mol. The molecule has 30 heavy (non-hydrogen) atoms. The molecular weight excluding hydrogens is 382 g/mol. The molecule has 2 aromatic rings. The highest BCUT2D eigenvalue weighted by atomic mass is 16.5. The zero-order valence-electron chi connectivity index (χ0n) is 17.2. The number of hydrogen-bond donors (Lipinski definition) is 4. The van der Waals surface area contributed by atoms with Crippen molar-refractivity contribution in [1.29, 1.82) is 5.41 Å². The van der Waals surface area contributed by atoms with E-state index in [4.69, 9.17) is 20.6 Å². The first-order chi connectivity index (χ1) is 14.6. The van der Waals surface area contributed by atoms with Gasteiger partial charge in [-0.25, -0.2) is 0 Å². The van der Waals surface area contributed by atoms with Crippen molar-refractivity contribution in [2.75, 3.05) is 50.6 Å². The third kappa shape index (κ3) is 4.72. The molecule has 8 nitrogen and oxygen atoms in total. The maximum absolute atomic E-state index is 12.8. The molecule has 2 aromatic carbocycles. The van der Waals surface area contributed by atoms with Gasteiger partial charge in [0.1, 0.15) is 24.7 Å². The highest BCUT2D eigenvalue weighted by Crippen LogP contribution is 2.32. The Balaban J connectivity index is 1.86. The summed E-state index contributed by atoms with van der Waals surface area (Å²) in [5.74, 6) is 1.08. The van der Waals surface area contributed by atoms with Gasteiger partial charge in [0, 0.05) is 49.4 Å². The Morgan fingerprint density at radius 2 is 2.17 bits per heavy atom. The quantitative estimate of drug-likeness (QED) is 0.498. The Labute approximate surface area is 176 Å². The van der Waals surface area contributed by atoms with E-state index in [9.17, 15) is 4.79 Å². The summed E-state index contributed by atoms with van der Waals surface area (Å²) in [5, 5.41) is 13.3. The zero-order valence-corrected chi connectivity index (χ0v) is 17.2. The van der Waals surface area contributed by atoms with Crippen LogP contribution in [0.4, 0.5) is 11.4 Å².